The van der Waals surface area contributed by atoms with Gasteiger partial charge in [0.2, 0.25) is 0 Å². The molecule has 0 aliphatic heterocycles. The Bertz CT molecular complexity index is 116. The second-order valence-corrected chi connectivity index (χ2v) is 5.83. The van der Waals surface area contributed by atoms with Crippen molar-refractivity contribution in [2.75, 3.05) is 0 Å². The SMILES string of the molecule is [BH]C(C)(C(C)(C)C)C(C)(C)C. The van der Waals surface area contributed by atoms with Gasteiger partial charge in [0.05, 0.1) is 7.85 Å². The van der Waals surface area contributed by atoms with E-state index in [4.69, 9.17) is 0 Å². The van der Waals surface area contributed by atoms with E-state index in [1.807, 2.05) is 0 Å². The Morgan fingerprint density at radius 2 is 0.818 bits per heavy atom. The van der Waals surface area contributed by atoms with Gasteiger partial charge in [0.25, 0.3) is 0 Å². The van der Waals surface area contributed by atoms with Crippen molar-refractivity contribution in [3.63, 3.8) is 0 Å². The molecular weight excluding hydrogens is 131 g/mol. The largest absolute Gasteiger partial charge is 0.0962 e. The Morgan fingerprint density at radius 3 is 0.818 bits per heavy atom. The highest BCUT2D eigenvalue weighted by Crippen LogP contribution is 2.54. The zero-order valence-electron chi connectivity index (χ0n) is 9.21. The van der Waals surface area contributed by atoms with E-state index in [1.54, 1.807) is 0 Å². The van der Waals surface area contributed by atoms with E-state index in [0.717, 1.165) is 0 Å². The molecule has 0 atom stereocenters. The van der Waals surface area contributed by atoms with E-state index in [1.165, 1.54) is 0 Å². The van der Waals surface area contributed by atoms with Crippen molar-refractivity contribution in [2.45, 2.75) is 53.8 Å². The lowest BCUT2D eigenvalue weighted by Crippen LogP contribution is -2.37. The summed E-state index contributed by atoms with van der Waals surface area (Å²) in [5, 5.41) is 0.125. The molecular formula is C10H22B. The Hall–Kier alpha value is 0.0649. The highest BCUT2D eigenvalue weighted by atomic mass is 14.4. The fraction of sp³-hybridized carbons (Fsp3) is 1.00. The second-order valence-electron chi connectivity index (χ2n) is 5.83. The minimum Gasteiger partial charge on any atom is -0.0663 e. The molecule has 65 valence electrons. The van der Waals surface area contributed by atoms with Crippen molar-refractivity contribution in [3.05, 3.63) is 0 Å². The van der Waals surface area contributed by atoms with Crippen molar-refractivity contribution in [1.82, 2.24) is 0 Å². The van der Waals surface area contributed by atoms with E-state index in [0.29, 0.717) is 0 Å². The molecule has 1 radical (unpaired) electrons. The third-order valence-corrected chi connectivity index (χ3v) is 3.31. The number of hydrogen-bond acceptors (Lipinski definition) is 0. The van der Waals surface area contributed by atoms with E-state index in [2.05, 4.69) is 56.3 Å². The van der Waals surface area contributed by atoms with Gasteiger partial charge in [0.15, 0.2) is 0 Å². The number of rotatable bonds is 0. The quantitative estimate of drug-likeness (QED) is 0.469. The first-order valence-electron chi connectivity index (χ1n) is 4.35. The van der Waals surface area contributed by atoms with Crippen LogP contribution in [0.25, 0.3) is 0 Å². The molecule has 0 spiro atoms. The molecule has 0 aromatic carbocycles. The van der Waals surface area contributed by atoms with E-state index >= 15 is 0 Å². The monoisotopic (exact) mass is 153 g/mol. The van der Waals surface area contributed by atoms with E-state index < -0.39 is 0 Å². The fourth-order valence-electron chi connectivity index (χ4n) is 1.12. The predicted octanol–water partition coefficient (Wildman–Crippen LogP) is 3.16. The molecule has 0 amide bonds. The highest BCUT2D eigenvalue weighted by Gasteiger charge is 2.41. The predicted molar refractivity (Wildman–Crippen MR) is 54.4 cm³/mol. The van der Waals surface area contributed by atoms with Crippen LogP contribution in [-0.4, -0.2) is 7.85 Å². The summed E-state index contributed by atoms with van der Waals surface area (Å²) in [5.41, 5.74) is 0.538. The summed E-state index contributed by atoms with van der Waals surface area (Å²) >= 11 is 0. The van der Waals surface area contributed by atoms with Crippen LogP contribution < -0.4 is 0 Å². The Labute approximate surface area is 73.2 Å². The van der Waals surface area contributed by atoms with Gasteiger partial charge in [-0.3, -0.25) is 0 Å². The zero-order valence-corrected chi connectivity index (χ0v) is 9.21. The summed E-state index contributed by atoms with van der Waals surface area (Å²) < 4.78 is 0. The standard InChI is InChI=1S/C10H22B/c1-8(2,3)10(7,11)9(4,5)6/h11H,1-7H3. The van der Waals surface area contributed by atoms with Crippen LogP contribution in [0.5, 0.6) is 0 Å². The molecule has 0 nitrogen and oxygen atoms in total. The summed E-state index contributed by atoms with van der Waals surface area (Å²) in [6, 6.07) is 0. The summed E-state index contributed by atoms with van der Waals surface area (Å²) in [6.45, 7) is 15.8. The molecule has 0 saturated heterocycles. The van der Waals surface area contributed by atoms with Gasteiger partial charge in [-0.1, -0.05) is 53.8 Å². The van der Waals surface area contributed by atoms with E-state index in [-0.39, 0.29) is 16.1 Å². The summed E-state index contributed by atoms with van der Waals surface area (Å²) in [4.78, 5) is 0. The average Bonchev–Trinajstić information content (AvgIpc) is 1.58. The van der Waals surface area contributed by atoms with Gasteiger partial charge < -0.3 is 0 Å². The Kier molecular flexibility index (Phi) is 2.55. The van der Waals surface area contributed by atoms with Gasteiger partial charge in [-0.05, 0) is 10.8 Å². The van der Waals surface area contributed by atoms with Gasteiger partial charge in [-0.2, -0.15) is 0 Å². The van der Waals surface area contributed by atoms with Crippen LogP contribution in [0, 0.1) is 10.8 Å². The van der Waals surface area contributed by atoms with Crippen LogP contribution in [-0.2, 0) is 0 Å². The maximum Gasteiger partial charge on any atom is 0.0962 e. The first kappa shape index (κ1) is 11.1. The Morgan fingerprint density at radius 1 is 0.636 bits per heavy atom. The minimum atomic E-state index is 0.125. The molecule has 1 heteroatoms. The lowest BCUT2D eigenvalue weighted by Gasteiger charge is -2.49. The molecule has 0 aromatic rings. The topological polar surface area (TPSA) is 0 Å². The molecule has 0 fully saturated rings. The number of hydrogen-bond donors (Lipinski definition) is 0. The lowest BCUT2D eigenvalue weighted by molar-refractivity contribution is 0.141. The van der Waals surface area contributed by atoms with Gasteiger partial charge in [0, 0.05) is 0 Å². The summed E-state index contributed by atoms with van der Waals surface area (Å²) in [5.74, 6) is 0. The van der Waals surface area contributed by atoms with Crippen molar-refractivity contribution < 1.29 is 0 Å². The van der Waals surface area contributed by atoms with Crippen LogP contribution in [0.3, 0.4) is 0 Å². The summed E-state index contributed by atoms with van der Waals surface area (Å²) in [6.07, 6.45) is 0. The molecule has 0 aliphatic rings. The normalized spacial score (nSPS) is 15.2. The van der Waals surface area contributed by atoms with Crippen LogP contribution in [0.15, 0.2) is 0 Å². The first-order valence-corrected chi connectivity index (χ1v) is 4.35. The zero-order chi connectivity index (χ0) is 9.50. The smallest absolute Gasteiger partial charge is 0.0663 e. The van der Waals surface area contributed by atoms with Gasteiger partial charge in [-0.25, -0.2) is 0 Å². The van der Waals surface area contributed by atoms with Gasteiger partial charge in [-0.15, -0.1) is 0 Å². The summed E-state index contributed by atoms with van der Waals surface area (Å²) in [7, 11) is 4.31. The third-order valence-electron chi connectivity index (χ3n) is 3.31. The maximum atomic E-state index is 4.31. The van der Waals surface area contributed by atoms with Crippen LogP contribution in [0.1, 0.15) is 48.5 Å². The molecule has 0 rings (SSSR count). The van der Waals surface area contributed by atoms with Crippen molar-refractivity contribution in [1.29, 1.82) is 0 Å². The molecule has 0 saturated carbocycles. The van der Waals surface area contributed by atoms with Crippen LogP contribution in [0.2, 0.25) is 5.31 Å². The minimum absolute atomic E-state index is 0.125. The average molecular weight is 153 g/mol. The van der Waals surface area contributed by atoms with E-state index in [9.17, 15) is 0 Å². The lowest BCUT2D eigenvalue weighted by atomic mass is 9.45. The third kappa shape index (κ3) is 2.01. The van der Waals surface area contributed by atoms with Gasteiger partial charge >= 0.3 is 0 Å². The highest BCUT2D eigenvalue weighted by molar-refractivity contribution is 6.16. The van der Waals surface area contributed by atoms with Crippen molar-refractivity contribution >= 4 is 7.85 Å². The molecule has 0 unspecified atom stereocenters. The Balaban J connectivity index is 4.75. The van der Waals surface area contributed by atoms with Gasteiger partial charge in [0.1, 0.15) is 0 Å². The molecule has 0 N–H and O–H groups in total. The van der Waals surface area contributed by atoms with Crippen LogP contribution >= 0.6 is 0 Å². The first-order chi connectivity index (χ1) is 4.50. The molecule has 0 aliphatic carbocycles. The molecule has 0 bridgehead atoms. The van der Waals surface area contributed by atoms with Crippen molar-refractivity contribution in [3.8, 4) is 0 Å². The second kappa shape index (κ2) is 2.53. The van der Waals surface area contributed by atoms with Crippen LogP contribution in [0.4, 0.5) is 0 Å². The van der Waals surface area contributed by atoms with Crippen molar-refractivity contribution in [2.24, 2.45) is 10.8 Å². The molecule has 0 heterocycles. The molecule has 0 aromatic heterocycles. The fourth-order valence-corrected chi connectivity index (χ4v) is 1.12. The maximum absolute atomic E-state index is 4.31. The molecule has 11 heavy (non-hydrogen) atoms.